The average Bonchev–Trinajstić information content (AvgIpc) is 3.07. The van der Waals surface area contributed by atoms with Gasteiger partial charge in [0.15, 0.2) is 0 Å². The number of sulfone groups is 1. The molecule has 108 valence electrons. The Balaban J connectivity index is 1.95. The number of methoxy groups -OCH3 is 1. The van der Waals surface area contributed by atoms with Crippen LogP contribution in [0.1, 0.15) is 12.8 Å². The van der Waals surface area contributed by atoms with Crippen LogP contribution < -0.4 is 5.32 Å². The Kier molecular flexibility index (Phi) is 4.46. The van der Waals surface area contributed by atoms with Gasteiger partial charge in [-0.3, -0.25) is 4.68 Å². The number of hydrogen-bond donors (Lipinski definition) is 1. The van der Waals surface area contributed by atoms with E-state index in [1.165, 1.54) is 6.26 Å². The van der Waals surface area contributed by atoms with Crippen LogP contribution in [0.3, 0.4) is 0 Å². The standard InChI is InChI=1S/C12H21N3O3S/c1-18-6-5-15-8-11(7-13-15)14-12(10-3-4-10)9-19(2,16)17/h7-8,10,12,14H,3-6,9H2,1-2H3. The molecule has 1 unspecified atom stereocenters. The highest BCUT2D eigenvalue weighted by molar-refractivity contribution is 7.90. The molecule has 7 heteroatoms. The maximum atomic E-state index is 11.4. The summed E-state index contributed by atoms with van der Waals surface area (Å²) in [4.78, 5) is 0. The van der Waals surface area contributed by atoms with Crippen molar-refractivity contribution in [3.8, 4) is 0 Å². The Bertz CT molecular complexity index is 508. The molecule has 19 heavy (non-hydrogen) atoms. The van der Waals surface area contributed by atoms with Crippen molar-refractivity contribution in [2.24, 2.45) is 5.92 Å². The van der Waals surface area contributed by atoms with Gasteiger partial charge in [-0.15, -0.1) is 0 Å². The summed E-state index contributed by atoms with van der Waals surface area (Å²) in [6, 6.07) is -0.00456. The summed E-state index contributed by atoms with van der Waals surface area (Å²) in [5.74, 6) is 0.651. The minimum atomic E-state index is -2.97. The molecule has 0 aromatic carbocycles. The number of aromatic nitrogens is 2. The van der Waals surface area contributed by atoms with Gasteiger partial charge in [-0.05, 0) is 18.8 Å². The van der Waals surface area contributed by atoms with Crippen molar-refractivity contribution < 1.29 is 13.2 Å². The lowest BCUT2D eigenvalue weighted by molar-refractivity contribution is 0.183. The van der Waals surface area contributed by atoms with Crippen LogP contribution in [-0.4, -0.2) is 50.0 Å². The monoisotopic (exact) mass is 287 g/mol. The normalized spacial score (nSPS) is 17.4. The molecule has 2 rings (SSSR count). The first-order valence-electron chi connectivity index (χ1n) is 6.43. The van der Waals surface area contributed by atoms with Gasteiger partial charge in [-0.1, -0.05) is 0 Å². The molecule has 1 saturated carbocycles. The second kappa shape index (κ2) is 5.92. The molecular weight excluding hydrogens is 266 g/mol. The minimum absolute atomic E-state index is 0.00456. The first-order valence-corrected chi connectivity index (χ1v) is 8.49. The average molecular weight is 287 g/mol. The number of ether oxygens (including phenoxy) is 1. The van der Waals surface area contributed by atoms with Gasteiger partial charge in [0, 0.05) is 25.6 Å². The van der Waals surface area contributed by atoms with Crippen LogP contribution in [0.15, 0.2) is 12.4 Å². The smallest absolute Gasteiger partial charge is 0.149 e. The van der Waals surface area contributed by atoms with Crippen LogP contribution in [0.2, 0.25) is 0 Å². The fourth-order valence-electron chi connectivity index (χ4n) is 2.08. The largest absolute Gasteiger partial charge is 0.383 e. The number of nitrogens with one attached hydrogen (secondary N) is 1. The molecule has 0 spiro atoms. The van der Waals surface area contributed by atoms with Gasteiger partial charge in [0.25, 0.3) is 0 Å². The number of anilines is 1. The third-order valence-electron chi connectivity index (χ3n) is 3.18. The molecule has 1 aliphatic rings. The molecule has 1 heterocycles. The van der Waals surface area contributed by atoms with Crippen LogP contribution in [-0.2, 0) is 21.1 Å². The summed E-state index contributed by atoms with van der Waals surface area (Å²) in [5, 5.41) is 7.50. The van der Waals surface area contributed by atoms with E-state index in [4.69, 9.17) is 4.74 Å². The molecule has 0 aliphatic heterocycles. The zero-order chi connectivity index (χ0) is 13.9. The maximum Gasteiger partial charge on any atom is 0.149 e. The van der Waals surface area contributed by atoms with Gasteiger partial charge < -0.3 is 10.1 Å². The molecule has 0 bridgehead atoms. The van der Waals surface area contributed by atoms with Crippen molar-refractivity contribution in [3.63, 3.8) is 0 Å². The molecule has 1 fully saturated rings. The number of rotatable bonds is 8. The van der Waals surface area contributed by atoms with E-state index in [0.717, 1.165) is 18.5 Å². The molecule has 1 aromatic rings. The zero-order valence-corrected chi connectivity index (χ0v) is 12.2. The summed E-state index contributed by atoms with van der Waals surface area (Å²) in [7, 11) is -1.31. The Morgan fingerprint density at radius 3 is 2.89 bits per heavy atom. The molecule has 1 aliphatic carbocycles. The lowest BCUT2D eigenvalue weighted by atomic mass is 10.2. The Labute approximate surface area is 114 Å². The van der Waals surface area contributed by atoms with Gasteiger partial charge in [-0.2, -0.15) is 5.10 Å². The number of nitrogens with zero attached hydrogens (tertiary/aromatic N) is 2. The quantitative estimate of drug-likeness (QED) is 0.764. The lowest BCUT2D eigenvalue weighted by Crippen LogP contribution is -2.30. The fourth-order valence-corrected chi connectivity index (χ4v) is 3.09. The fraction of sp³-hybridized carbons (Fsp3) is 0.750. The molecule has 1 atom stereocenters. The van der Waals surface area contributed by atoms with E-state index in [1.807, 2.05) is 6.20 Å². The van der Waals surface area contributed by atoms with Gasteiger partial charge >= 0.3 is 0 Å². The summed E-state index contributed by atoms with van der Waals surface area (Å²) >= 11 is 0. The van der Waals surface area contributed by atoms with Crippen LogP contribution in [0, 0.1) is 5.92 Å². The van der Waals surface area contributed by atoms with Crippen molar-refractivity contribution in [3.05, 3.63) is 12.4 Å². The molecule has 6 nitrogen and oxygen atoms in total. The van der Waals surface area contributed by atoms with Gasteiger partial charge in [0.05, 0.1) is 30.8 Å². The van der Waals surface area contributed by atoms with Crippen LogP contribution in [0.5, 0.6) is 0 Å². The Morgan fingerprint density at radius 2 is 2.32 bits per heavy atom. The van der Waals surface area contributed by atoms with Crippen molar-refractivity contribution >= 4 is 15.5 Å². The zero-order valence-electron chi connectivity index (χ0n) is 11.4. The third-order valence-corrected chi connectivity index (χ3v) is 4.15. The maximum absolute atomic E-state index is 11.4. The van der Waals surface area contributed by atoms with Crippen molar-refractivity contribution in [1.82, 2.24) is 9.78 Å². The summed E-state index contributed by atoms with van der Waals surface area (Å²) in [6.45, 7) is 1.30. The Morgan fingerprint density at radius 1 is 1.58 bits per heavy atom. The van der Waals surface area contributed by atoms with Gasteiger partial charge in [0.1, 0.15) is 9.84 Å². The van der Waals surface area contributed by atoms with E-state index in [2.05, 4.69) is 10.4 Å². The summed E-state index contributed by atoms with van der Waals surface area (Å²) in [5.41, 5.74) is 0.872. The van der Waals surface area contributed by atoms with Gasteiger partial charge in [0.2, 0.25) is 0 Å². The second-order valence-electron chi connectivity index (χ2n) is 5.17. The molecular formula is C12H21N3O3S. The second-order valence-corrected chi connectivity index (χ2v) is 7.35. The molecule has 1 aromatic heterocycles. The van der Waals surface area contributed by atoms with E-state index in [0.29, 0.717) is 19.1 Å². The highest BCUT2D eigenvalue weighted by atomic mass is 32.2. The first-order chi connectivity index (χ1) is 8.98. The topological polar surface area (TPSA) is 73.2 Å². The first kappa shape index (κ1) is 14.3. The van der Waals surface area contributed by atoms with Crippen LogP contribution in [0.25, 0.3) is 0 Å². The highest BCUT2D eigenvalue weighted by Gasteiger charge is 2.33. The van der Waals surface area contributed by atoms with E-state index in [9.17, 15) is 8.42 Å². The van der Waals surface area contributed by atoms with Crippen molar-refractivity contribution in [1.29, 1.82) is 0 Å². The number of hydrogen-bond acceptors (Lipinski definition) is 5. The van der Waals surface area contributed by atoms with Gasteiger partial charge in [-0.25, -0.2) is 8.42 Å². The SMILES string of the molecule is COCCn1cc(NC(CS(C)(=O)=O)C2CC2)cn1. The van der Waals surface area contributed by atoms with E-state index in [-0.39, 0.29) is 11.8 Å². The predicted molar refractivity (Wildman–Crippen MR) is 73.9 cm³/mol. The molecule has 0 saturated heterocycles. The van der Waals surface area contributed by atoms with E-state index in [1.54, 1.807) is 18.0 Å². The summed E-state index contributed by atoms with van der Waals surface area (Å²) in [6.07, 6.45) is 7.10. The lowest BCUT2D eigenvalue weighted by Gasteiger charge is -2.17. The minimum Gasteiger partial charge on any atom is -0.383 e. The van der Waals surface area contributed by atoms with Crippen molar-refractivity contribution in [2.75, 3.05) is 31.0 Å². The molecule has 1 N–H and O–H groups in total. The summed E-state index contributed by atoms with van der Waals surface area (Å²) < 4.78 is 29.6. The van der Waals surface area contributed by atoms with E-state index < -0.39 is 9.84 Å². The molecule has 0 radical (unpaired) electrons. The van der Waals surface area contributed by atoms with Crippen molar-refractivity contribution in [2.45, 2.75) is 25.4 Å². The van der Waals surface area contributed by atoms with Crippen LogP contribution >= 0.6 is 0 Å². The third kappa shape index (κ3) is 4.83. The predicted octanol–water partition coefficient (Wildman–Crippen LogP) is 0.765. The van der Waals surface area contributed by atoms with Crippen LogP contribution in [0.4, 0.5) is 5.69 Å². The Hall–Kier alpha value is -1.08. The molecule has 0 amide bonds. The van der Waals surface area contributed by atoms with E-state index >= 15 is 0 Å². The highest BCUT2D eigenvalue weighted by Crippen LogP contribution is 2.34.